The van der Waals surface area contributed by atoms with Crippen LogP contribution < -0.4 is 9.58 Å². The first-order valence-corrected chi connectivity index (χ1v) is 9.59. The molecule has 1 aliphatic rings. The standard InChI is InChI=1S/C23H24N3O3/c1-5-28-23(27)20-16(2)29-22-21(20)19(15-18-13-9-10-14-24(18)3)25(4)26(22)17-11-7-6-8-12-17/h6-15H,5H2,1-4H3/q+1. The summed E-state index contributed by atoms with van der Waals surface area (Å²) in [6.07, 6.45) is 4.05. The number of furan rings is 1. The molecule has 0 spiro atoms. The lowest BCUT2D eigenvalue weighted by Crippen LogP contribution is -2.32. The fourth-order valence-electron chi connectivity index (χ4n) is 3.62. The van der Waals surface area contributed by atoms with Crippen molar-refractivity contribution < 1.29 is 18.5 Å². The van der Waals surface area contributed by atoms with Crippen molar-refractivity contribution in [2.24, 2.45) is 7.05 Å². The Bertz CT molecular complexity index is 1090. The first kappa shape index (κ1) is 18.8. The number of pyridine rings is 1. The van der Waals surface area contributed by atoms with E-state index in [1.54, 1.807) is 13.8 Å². The van der Waals surface area contributed by atoms with E-state index in [4.69, 9.17) is 9.15 Å². The van der Waals surface area contributed by atoms with Gasteiger partial charge in [0, 0.05) is 25.3 Å². The average molecular weight is 390 g/mol. The smallest absolute Gasteiger partial charge is 0.342 e. The van der Waals surface area contributed by atoms with Crippen LogP contribution in [0.1, 0.15) is 34.3 Å². The zero-order chi connectivity index (χ0) is 20.5. The van der Waals surface area contributed by atoms with Gasteiger partial charge in [-0.2, -0.15) is 0 Å². The molecule has 3 aromatic rings. The van der Waals surface area contributed by atoms with Crippen LogP contribution in [-0.4, -0.2) is 24.6 Å². The maximum Gasteiger partial charge on any atom is 0.342 e. The molecule has 29 heavy (non-hydrogen) atoms. The third-order valence-electron chi connectivity index (χ3n) is 5.02. The molecule has 1 aromatic carbocycles. The molecule has 6 heteroatoms. The number of ether oxygens (including phenoxy) is 1. The van der Waals surface area contributed by atoms with Gasteiger partial charge in [0.15, 0.2) is 6.20 Å². The van der Waals surface area contributed by atoms with Crippen molar-refractivity contribution in [1.29, 1.82) is 0 Å². The van der Waals surface area contributed by atoms with Crippen molar-refractivity contribution in [2.75, 3.05) is 18.7 Å². The van der Waals surface area contributed by atoms with Crippen LogP contribution in [0, 0.1) is 6.92 Å². The number of aryl methyl sites for hydroxylation is 2. The lowest BCUT2D eigenvalue weighted by molar-refractivity contribution is -0.673. The van der Waals surface area contributed by atoms with Crippen LogP contribution in [0.4, 0.5) is 11.6 Å². The molecule has 4 rings (SSSR count). The summed E-state index contributed by atoms with van der Waals surface area (Å²) < 4.78 is 13.4. The predicted octanol–water partition coefficient (Wildman–Crippen LogP) is 4.09. The first-order valence-electron chi connectivity index (χ1n) is 9.59. The van der Waals surface area contributed by atoms with E-state index in [0.717, 1.165) is 22.6 Å². The van der Waals surface area contributed by atoms with Gasteiger partial charge in [0.25, 0.3) is 0 Å². The summed E-state index contributed by atoms with van der Waals surface area (Å²) in [7, 11) is 3.95. The van der Waals surface area contributed by atoms with Gasteiger partial charge in [-0.15, -0.1) is 0 Å². The maximum absolute atomic E-state index is 12.7. The number of esters is 1. The van der Waals surface area contributed by atoms with Crippen molar-refractivity contribution in [1.82, 2.24) is 5.01 Å². The SMILES string of the molecule is CCOC(=O)c1c(C)oc2c1/C(=C/c1cccc[n+]1C)N(C)N2c1ccccc1. The number of benzene rings is 1. The summed E-state index contributed by atoms with van der Waals surface area (Å²) in [5.41, 5.74) is 4.03. The molecule has 0 unspecified atom stereocenters. The van der Waals surface area contributed by atoms with Gasteiger partial charge in [-0.05, 0) is 32.0 Å². The summed E-state index contributed by atoms with van der Waals surface area (Å²) >= 11 is 0. The van der Waals surface area contributed by atoms with Gasteiger partial charge < -0.3 is 9.15 Å². The summed E-state index contributed by atoms with van der Waals surface area (Å²) in [5.74, 6) is 0.788. The number of hydrogen-bond donors (Lipinski definition) is 0. The van der Waals surface area contributed by atoms with E-state index in [-0.39, 0.29) is 5.97 Å². The Kier molecular flexibility index (Phi) is 4.84. The lowest BCUT2D eigenvalue weighted by atomic mass is 10.1. The van der Waals surface area contributed by atoms with Gasteiger partial charge in [-0.25, -0.2) is 14.4 Å². The number of aromatic nitrogens is 1. The van der Waals surface area contributed by atoms with Crippen molar-refractivity contribution in [2.45, 2.75) is 13.8 Å². The molecular formula is C23H24N3O3+. The molecule has 0 N–H and O–H groups in total. The van der Waals surface area contributed by atoms with Gasteiger partial charge in [-0.1, -0.05) is 18.2 Å². The Morgan fingerprint density at radius 1 is 1.17 bits per heavy atom. The first-order chi connectivity index (χ1) is 14.0. The van der Waals surface area contributed by atoms with Crippen LogP contribution in [-0.2, 0) is 11.8 Å². The number of hydrogen-bond acceptors (Lipinski definition) is 5. The van der Waals surface area contributed by atoms with Crippen LogP contribution in [0.2, 0.25) is 0 Å². The van der Waals surface area contributed by atoms with Crippen molar-refractivity contribution in [3.05, 3.63) is 77.3 Å². The number of hydrazine groups is 1. The Morgan fingerprint density at radius 2 is 1.90 bits per heavy atom. The van der Waals surface area contributed by atoms with Crippen LogP contribution in [0.3, 0.4) is 0 Å². The van der Waals surface area contributed by atoms with Gasteiger partial charge in [-0.3, -0.25) is 5.01 Å². The second-order valence-electron chi connectivity index (χ2n) is 6.87. The number of carbonyl (C=O) groups excluding carboxylic acids is 1. The molecular weight excluding hydrogens is 366 g/mol. The maximum atomic E-state index is 12.7. The highest BCUT2D eigenvalue weighted by Crippen LogP contribution is 2.47. The third-order valence-corrected chi connectivity index (χ3v) is 5.02. The van der Waals surface area contributed by atoms with Gasteiger partial charge >= 0.3 is 5.97 Å². The number of para-hydroxylation sites is 1. The number of anilines is 2. The summed E-state index contributed by atoms with van der Waals surface area (Å²) in [6.45, 7) is 3.91. The monoisotopic (exact) mass is 390 g/mol. The van der Waals surface area contributed by atoms with Crippen LogP contribution in [0.5, 0.6) is 0 Å². The fraction of sp³-hybridized carbons (Fsp3) is 0.217. The highest BCUT2D eigenvalue weighted by atomic mass is 16.5. The number of fused-ring (bicyclic) bond motifs is 1. The van der Waals surface area contributed by atoms with Gasteiger partial charge in [0.2, 0.25) is 11.6 Å². The molecule has 6 nitrogen and oxygen atoms in total. The van der Waals surface area contributed by atoms with E-state index in [2.05, 4.69) is 6.08 Å². The molecule has 0 fully saturated rings. The summed E-state index contributed by atoms with van der Waals surface area (Å²) in [4.78, 5) is 12.7. The Morgan fingerprint density at radius 3 is 2.59 bits per heavy atom. The zero-order valence-electron chi connectivity index (χ0n) is 17.0. The third kappa shape index (κ3) is 3.16. The van der Waals surface area contributed by atoms with Gasteiger partial charge in [0.1, 0.15) is 18.4 Å². The van der Waals surface area contributed by atoms with Gasteiger partial charge in [0.05, 0.1) is 23.6 Å². The van der Waals surface area contributed by atoms with E-state index < -0.39 is 0 Å². The summed E-state index contributed by atoms with van der Waals surface area (Å²) in [6, 6.07) is 15.9. The minimum Gasteiger partial charge on any atom is -0.462 e. The lowest BCUT2D eigenvalue weighted by Gasteiger charge is -2.27. The van der Waals surface area contributed by atoms with E-state index in [1.165, 1.54) is 0 Å². The van der Waals surface area contributed by atoms with Crippen LogP contribution in [0.25, 0.3) is 11.8 Å². The fourth-order valence-corrected chi connectivity index (χ4v) is 3.62. The van der Waals surface area contributed by atoms with E-state index in [0.29, 0.717) is 23.8 Å². The molecule has 0 amide bonds. The highest BCUT2D eigenvalue weighted by molar-refractivity contribution is 6.03. The molecule has 0 saturated carbocycles. The topological polar surface area (TPSA) is 49.8 Å². The highest BCUT2D eigenvalue weighted by Gasteiger charge is 2.40. The average Bonchev–Trinajstić information content (AvgIpc) is 3.17. The number of rotatable bonds is 4. The molecule has 0 saturated heterocycles. The Balaban J connectivity index is 1.95. The quantitative estimate of drug-likeness (QED) is 0.496. The van der Waals surface area contributed by atoms with Crippen molar-refractivity contribution in [3.63, 3.8) is 0 Å². The normalized spacial score (nSPS) is 14.4. The van der Waals surface area contributed by atoms with Crippen molar-refractivity contribution in [3.8, 4) is 0 Å². The largest absolute Gasteiger partial charge is 0.462 e. The number of nitrogens with zero attached hydrogens (tertiary/aromatic N) is 3. The van der Waals surface area contributed by atoms with E-state index in [9.17, 15) is 4.79 Å². The molecule has 0 bridgehead atoms. The second-order valence-corrected chi connectivity index (χ2v) is 6.87. The molecule has 0 radical (unpaired) electrons. The molecule has 0 atom stereocenters. The summed E-state index contributed by atoms with van der Waals surface area (Å²) in [5, 5.41) is 3.97. The molecule has 2 aromatic heterocycles. The minimum absolute atomic E-state index is 0.309. The Hall–Kier alpha value is -3.54. The Labute approximate surface area is 170 Å². The van der Waals surface area contributed by atoms with Crippen molar-refractivity contribution >= 4 is 29.3 Å². The van der Waals surface area contributed by atoms with E-state index >= 15 is 0 Å². The minimum atomic E-state index is -0.373. The van der Waals surface area contributed by atoms with Crippen LogP contribution in [0.15, 0.2) is 59.1 Å². The number of carbonyl (C=O) groups is 1. The van der Waals surface area contributed by atoms with E-state index in [1.807, 2.05) is 83.4 Å². The molecule has 1 aliphatic heterocycles. The molecule has 0 aliphatic carbocycles. The second kappa shape index (κ2) is 7.47. The molecule has 3 heterocycles. The van der Waals surface area contributed by atoms with Crippen LogP contribution >= 0.6 is 0 Å². The predicted molar refractivity (Wildman–Crippen MR) is 111 cm³/mol. The molecule has 148 valence electrons. The zero-order valence-corrected chi connectivity index (χ0v) is 17.0.